The van der Waals surface area contributed by atoms with Crippen LogP contribution in [0.25, 0.3) is 0 Å². The van der Waals surface area contributed by atoms with Crippen molar-refractivity contribution in [1.82, 2.24) is 5.32 Å². The van der Waals surface area contributed by atoms with Crippen molar-refractivity contribution in [1.29, 1.82) is 0 Å². The smallest absolute Gasteiger partial charge is 0.335 e. The average Bonchev–Trinajstić information content (AvgIpc) is 2.35. The lowest BCUT2D eigenvalue weighted by atomic mass is 9.94. The molecule has 0 aromatic heterocycles. The molecule has 0 amide bonds. The van der Waals surface area contributed by atoms with Gasteiger partial charge in [-0.15, -0.1) is 0 Å². The van der Waals surface area contributed by atoms with Crippen LogP contribution in [0.15, 0.2) is 24.3 Å². The first kappa shape index (κ1) is 18.2. The number of rotatable bonds is 6. The lowest BCUT2D eigenvalue weighted by Gasteiger charge is -2.27. The van der Waals surface area contributed by atoms with Crippen molar-refractivity contribution in [3.05, 3.63) is 35.4 Å². The van der Waals surface area contributed by atoms with Crippen LogP contribution < -0.4 is 5.32 Å². The van der Waals surface area contributed by atoms with E-state index in [-0.39, 0.29) is 23.6 Å². The lowest BCUT2D eigenvalue weighted by Crippen LogP contribution is -2.45. The van der Waals surface area contributed by atoms with Gasteiger partial charge in [-0.05, 0) is 58.7 Å². The zero-order chi connectivity index (χ0) is 17.0. The Balaban J connectivity index is 2.56. The fourth-order valence-electron chi connectivity index (χ4n) is 2.03. The van der Waals surface area contributed by atoms with Gasteiger partial charge in [0.1, 0.15) is 5.60 Å². The predicted molar refractivity (Wildman–Crippen MR) is 85.0 cm³/mol. The minimum absolute atomic E-state index is 0.136. The summed E-state index contributed by atoms with van der Waals surface area (Å²) in [5.41, 5.74) is 0.479. The van der Waals surface area contributed by atoms with E-state index in [0.29, 0.717) is 6.42 Å². The minimum atomic E-state index is -0.936. The molecule has 0 radical (unpaired) electrons. The second kappa shape index (κ2) is 6.92. The second-order valence-electron chi connectivity index (χ2n) is 7.00. The Morgan fingerprint density at radius 1 is 1.09 bits per heavy atom. The zero-order valence-corrected chi connectivity index (χ0v) is 13.9. The molecule has 22 heavy (non-hydrogen) atoms. The van der Waals surface area contributed by atoms with E-state index in [1.807, 2.05) is 34.6 Å². The molecular weight excluding hydrogens is 282 g/mol. The van der Waals surface area contributed by atoms with Crippen LogP contribution in [-0.4, -0.2) is 34.7 Å². The third-order valence-electron chi connectivity index (χ3n) is 2.98. The number of esters is 1. The maximum absolute atomic E-state index is 11.7. The Morgan fingerprint density at radius 2 is 1.64 bits per heavy atom. The van der Waals surface area contributed by atoms with Crippen molar-refractivity contribution >= 4 is 11.9 Å². The Kier molecular flexibility index (Phi) is 5.72. The summed E-state index contributed by atoms with van der Waals surface area (Å²) in [7, 11) is 0. The van der Waals surface area contributed by atoms with Gasteiger partial charge in [0.15, 0.2) is 0 Å². The van der Waals surface area contributed by atoms with E-state index in [0.717, 1.165) is 5.56 Å². The highest BCUT2D eigenvalue weighted by Gasteiger charge is 2.22. The fraction of sp³-hybridized carbons (Fsp3) is 0.529. The molecule has 0 aliphatic carbocycles. The highest BCUT2D eigenvalue weighted by molar-refractivity contribution is 5.87. The number of hydrogen-bond donors (Lipinski definition) is 2. The van der Waals surface area contributed by atoms with Gasteiger partial charge in [0.2, 0.25) is 0 Å². The minimum Gasteiger partial charge on any atom is -0.478 e. The van der Waals surface area contributed by atoms with Crippen molar-refractivity contribution in [2.75, 3.05) is 6.54 Å². The maximum atomic E-state index is 11.7. The summed E-state index contributed by atoms with van der Waals surface area (Å²) >= 11 is 0. The zero-order valence-electron chi connectivity index (χ0n) is 13.9. The molecule has 122 valence electrons. The summed E-state index contributed by atoms with van der Waals surface area (Å²) in [5.74, 6) is -1.23. The van der Waals surface area contributed by atoms with Crippen LogP contribution in [0, 0.1) is 0 Å². The Bertz CT molecular complexity index is 527. The van der Waals surface area contributed by atoms with Crippen LogP contribution in [0.3, 0.4) is 0 Å². The molecule has 1 aromatic carbocycles. The fourth-order valence-corrected chi connectivity index (χ4v) is 2.03. The monoisotopic (exact) mass is 307 g/mol. The molecule has 5 nitrogen and oxygen atoms in total. The number of aromatic carboxylic acids is 1. The molecule has 1 aromatic rings. The van der Waals surface area contributed by atoms with E-state index in [4.69, 9.17) is 9.84 Å². The normalized spacial score (nSPS) is 12.0. The summed E-state index contributed by atoms with van der Waals surface area (Å²) in [4.78, 5) is 22.6. The Morgan fingerprint density at radius 3 is 2.09 bits per heavy atom. The van der Waals surface area contributed by atoms with E-state index in [1.165, 1.54) is 0 Å². The van der Waals surface area contributed by atoms with Crippen LogP contribution in [0.4, 0.5) is 0 Å². The van der Waals surface area contributed by atoms with E-state index in [9.17, 15) is 9.59 Å². The summed E-state index contributed by atoms with van der Waals surface area (Å²) in [6.07, 6.45) is 0.676. The molecule has 0 spiro atoms. The summed E-state index contributed by atoms with van der Waals surface area (Å²) in [6, 6.07) is 6.75. The van der Waals surface area contributed by atoms with Gasteiger partial charge in [-0.2, -0.15) is 0 Å². The SMILES string of the molecule is CC(C)(Cc1ccc(C(=O)O)cc1)NCC(=O)OC(C)(C)C. The van der Waals surface area contributed by atoms with Crippen LogP contribution >= 0.6 is 0 Å². The number of ether oxygens (including phenoxy) is 1. The van der Waals surface area contributed by atoms with Crippen molar-refractivity contribution in [2.24, 2.45) is 0 Å². The molecule has 0 aliphatic heterocycles. The number of carboxylic acids is 1. The summed E-state index contributed by atoms with van der Waals surface area (Å²) in [6.45, 7) is 9.61. The number of carbonyl (C=O) groups is 2. The van der Waals surface area contributed by atoms with Gasteiger partial charge in [-0.25, -0.2) is 4.79 Å². The molecule has 0 bridgehead atoms. The Labute approximate surface area is 131 Å². The third kappa shape index (κ3) is 6.72. The quantitative estimate of drug-likeness (QED) is 0.790. The van der Waals surface area contributed by atoms with Crippen LogP contribution in [-0.2, 0) is 16.0 Å². The summed E-state index contributed by atoms with van der Waals surface area (Å²) in [5, 5.41) is 12.1. The first-order chi connectivity index (χ1) is 9.98. The highest BCUT2D eigenvalue weighted by atomic mass is 16.6. The molecule has 0 saturated heterocycles. The van der Waals surface area contributed by atoms with Crippen LogP contribution in [0.5, 0.6) is 0 Å². The number of carbonyl (C=O) groups excluding carboxylic acids is 1. The molecule has 0 heterocycles. The van der Waals surface area contributed by atoms with Crippen LogP contribution in [0.1, 0.15) is 50.5 Å². The molecule has 0 unspecified atom stereocenters. The lowest BCUT2D eigenvalue weighted by molar-refractivity contribution is -0.154. The van der Waals surface area contributed by atoms with E-state index in [2.05, 4.69) is 5.32 Å². The van der Waals surface area contributed by atoms with Crippen molar-refractivity contribution in [2.45, 2.75) is 52.2 Å². The number of hydrogen-bond acceptors (Lipinski definition) is 4. The molecular formula is C17H25NO4. The standard InChI is InChI=1S/C17H25NO4/c1-16(2,3)22-14(19)11-18-17(4,5)10-12-6-8-13(9-7-12)15(20)21/h6-9,18H,10-11H2,1-5H3,(H,20,21). The summed E-state index contributed by atoms with van der Waals surface area (Å²) < 4.78 is 5.26. The molecule has 0 aliphatic rings. The second-order valence-corrected chi connectivity index (χ2v) is 7.00. The first-order valence-corrected chi connectivity index (χ1v) is 7.28. The maximum Gasteiger partial charge on any atom is 0.335 e. The molecule has 0 atom stereocenters. The van der Waals surface area contributed by atoms with Gasteiger partial charge in [0, 0.05) is 5.54 Å². The average molecular weight is 307 g/mol. The van der Waals surface area contributed by atoms with E-state index in [1.54, 1.807) is 24.3 Å². The van der Waals surface area contributed by atoms with E-state index >= 15 is 0 Å². The third-order valence-corrected chi connectivity index (χ3v) is 2.98. The van der Waals surface area contributed by atoms with Crippen molar-refractivity contribution in [3.63, 3.8) is 0 Å². The Hall–Kier alpha value is -1.88. The number of carboxylic acid groups (broad SMARTS) is 1. The first-order valence-electron chi connectivity index (χ1n) is 7.28. The topological polar surface area (TPSA) is 75.6 Å². The van der Waals surface area contributed by atoms with E-state index < -0.39 is 11.6 Å². The molecule has 5 heteroatoms. The molecule has 0 saturated carbocycles. The van der Waals surface area contributed by atoms with Gasteiger partial charge < -0.3 is 15.2 Å². The largest absolute Gasteiger partial charge is 0.478 e. The molecule has 0 fully saturated rings. The molecule has 2 N–H and O–H groups in total. The van der Waals surface area contributed by atoms with Gasteiger partial charge in [0.25, 0.3) is 0 Å². The van der Waals surface area contributed by atoms with Crippen molar-refractivity contribution < 1.29 is 19.4 Å². The van der Waals surface area contributed by atoms with Gasteiger partial charge >= 0.3 is 11.9 Å². The predicted octanol–water partition coefficient (Wildman–Crippen LogP) is 2.64. The molecule has 1 rings (SSSR count). The van der Waals surface area contributed by atoms with Gasteiger partial charge in [-0.3, -0.25) is 4.79 Å². The van der Waals surface area contributed by atoms with Crippen molar-refractivity contribution in [3.8, 4) is 0 Å². The number of benzene rings is 1. The van der Waals surface area contributed by atoms with Gasteiger partial charge in [0.05, 0.1) is 12.1 Å². The van der Waals surface area contributed by atoms with Crippen LogP contribution in [0.2, 0.25) is 0 Å². The number of nitrogens with one attached hydrogen (secondary N) is 1. The highest BCUT2D eigenvalue weighted by Crippen LogP contribution is 2.14. The van der Waals surface area contributed by atoms with Gasteiger partial charge in [-0.1, -0.05) is 12.1 Å².